The topological polar surface area (TPSA) is 58.3 Å². The summed E-state index contributed by atoms with van der Waals surface area (Å²) in [5.41, 5.74) is 3.48. The van der Waals surface area contributed by atoms with E-state index in [9.17, 15) is 4.79 Å². The second kappa shape index (κ2) is 7.05. The number of rotatable bonds is 3. The molecule has 2 aromatic heterocycles. The van der Waals surface area contributed by atoms with Crippen LogP contribution in [0.2, 0.25) is 0 Å². The van der Waals surface area contributed by atoms with Gasteiger partial charge < -0.3 is 9.47 Å². The van der Waals surface area contributed by atoms with Crippen LogP contribution in [0.4, 0.5) is 0 Å². The number of aromatic nitrogens is 3. The number of halogens is 1. The quantitative estimate of drug-likeness (QED) is 0.783. The number of nitrogens with zero attached hydrogens (tertiary/aromatic N) is 3. The lowest BCUT2D eigenvalue weighted by atomic mass is 10.0. The van der Waals surface area contributed by atoms with Gasteiger partial charge >= 0.3 is 5.69 Å². The summed E-state index contributed by atoms with van der Waals surface area (Å²) < 4.78 is 15.7. The number of imidazole rings is 1. The molecule has 0 saturated carbocycles. The Labute approximate surface area is 154 Å². The van der Waals surface area contributed by atoms with Gasteiger partial charge in [-0.15, -0.1) is 0 Å². The van der Waals surface area contributed by atoms with Crippen molar-refractivity contribution in [3.8, 4) is 0 Å². The first-order valence-electron chi connectivity index (χ1n) is 8.82. The zero-order valence-electron chi connectivity index (χ0n) is 14.3. The van der Waals surface area contributed by atoms with E-state index in [1.807, 2.05) is 13.0 Å². The molecule has 134 valence electrons. The Balaban J connectivity index is 1.86. The molecule has 1 aliphatic carbocycles. The molecule has 7 heteroatoms. The van der Waals surface area contributed by atoms with Crippen molar-refractivity contribution in [1.82, 2.24) is 14.1 Å². The number of allylic oxidation sites excluding steroid dienone is 2. The summed E-state index contributed by atoms with van der Waals surface area (Å²) in [6.07, 6.45) is 6.30. The van der Waals surface area contributed by atoms with Gasteiger partial charge in [-0.2, -0.15) is 0 Å². The van der Waals surface area contributed by atoms with Crippen LogP contribution in [0, 0.1) is 6.92 Å². The fraction of sp³-hybridized carbons (Fsp3) is 0.556. The van der Waals surface area contributed by atoms with Crippen molar-refractivity contribution in [2.45, 2.75) is 45.3 Å². The lowest BCUT2D eigenvalue weighted by molar-refractivity contribution is -0.0935. The molecule has 0 spiro atoms. The summed E-state index contributed by atoms with van der Waals surface area (Å²) in [5, 5.41) is 0. The maximum absolute atomic E-state index is 13.2. The molecule has 1 fully saturated rings. The Morgan fingerprint density at radius 2 is 2.24 bits per heavy atom. The first kappa shape index (κ1) is 17.0. The van der Waals surface area contributed by atoms with Crippen LogP contribution in [0.15, 0.2) is 21.4 Å². The number of hydrogen-bond acceptors (Lipinski definition) is 4. The van der Waals surface area contributed by atoms with E-state index in [0.29, 0.717) is 26.4 Å². The van der Waals surface area contributed by atoms with Gasteiger partial charge in [0.25, 0.3) is 0 Å². The minimum absolute atomic E-state index is 0.0395. The highest BCUT2D eigenvalue weighted by molar-refractivity contribution is 9.10. The van der Waals surface area contributed by atoms with Gasteiger partial charge in [0, 0.05) is 10.2 Å². The van der Waals surface area contributed by atoms with Crippen molar-refractivity contribution < 1.29 is 9.47 Å². The molecule has 1 aliphatic heterocycles. The summed E-state index contributed by atoms with van der Waals surface area (Å²) in [6.45, 7) is 4.13. The van der Waals surface area contributed by atoms with E-state index in [-0.39, 0.29) is 11.8 Å². The van der Waals surface area contributed by atoms with Crippen molar-refractivity contribution in [1.29, 1.82) is 0 Å². The molecule has 4 rings (SSSR count). The molecule has 6 nitrogen and oxygen atoms in total. The minimum atomic E-state index is -0.106. The second-order valence-electron chi connectivity index (χ2n) is 6.64. The van der Waals surface area contributed by atoms with E-state index in [2.05, 4.69) is 22.0 Å². The SMILES string of the molecule is Cc1nc2c(cc1Br)n(C[C@H]1COCCO1)c(=O)n2C1=CCCCC1. The summed E-state index contributed by atoms with van der Waals surface area (Å²) in [5.74, 6) is 0. The molecule has 2 aromatic rings. The zero-order chi connectivity index (χ0) is 17.4. The first-order valence-corrected chi connectivity index (χ1v) is 9.61. The van der Waals surface area contributed by atoms with Crippen LogP contribution in [0.1, 0.15) is 31.4 Å². The van der Waals surface area contributed by atoms with Crippen LogP contribution in [-0.2, 0) is 16.0 Å². The van der Waals surface area contributed by atoms with Crippen LogP contribution in [0.5, 0.6) is 0 Å². The number of pyridine rings is 1. The average Bonchev–Trinajstić information content (AvgIpc) is 2.89. The predicted molar refractivity (Wildman–Crippen MR) is 99.7 cm³/mol. The number of aryl methyl sites for hydroxylation is 1. The molecule has 0 aromatic carbocycles. The lowest BCUT2D eigenvalue weighted by Crippen LogP contribution is -2.36. The van der Waals surface area contributed by atoms with Crippen LogP contribution in [0.3, 0.4) is 0 Å². The third-order valence-electron chi connectivity index (χ3n) is 4.86. The zero-order valence-corrected chi connectivity index (χ0v) is 15.9. The minimum Gasteiger partial charge on any atom is -0.376 e. The number of ether oxygens (including phenoxy) is 2. The van der Waals surface area contributed by atoms with Crippen molar-refractivity contribution in [3.05, 3.63) is 32.8 Å². The highest BCUT2D eigenvalue weighted by Gasteiger charge is 2.23. The summed E-state index contributed by atoms with van der Waals surface area (Å²) in [7, 11) is 0. The molecule has 1 atom stereocenters. The first-order chi connectivity index (χ1) is 12.1. The molecule has 0 radical (unpaired) electrons. The van der Waals surface area contributed by atoms with Crippen molar-refractivity contribution in [2.75, 3.05) is 19.8 Å². The molecule has 0 unspecified atom stereocenters. The predicted octanol–water partition coefficient (Wildman–Crippen LogP) is 3.10. The molecule has 0 amide bonds. The fourth-order valence-electron chi connectivity index (χ4n) is 3.54. The maximum Gasteiger partial charge on any atom is 0.334 e. The second-order valence-corrected chi connectivity index (χ2v) is 7.49. The van der Waals surface area contributed by atoms with Gasteiger partial charge in [0.15, 0.2) is 5.65 Å². The Kier molecular flexibility index (Phi) is 4.80. The summed E-state index contributed by atoms with van der Waals surface area (Å²) in [4.78, 5) is 17.9. The standard InChI is InChI=1S/C18H22BrN3O3/c1-12-15(19)9-16-17(20-12)22(13-5-3-2-4-6-13)18(23)21(16)10-14-11-24-7-8-25-14/h5,9,14H,2-4,6-8,10-11H2,1H3/t14-/m0/s1. The largest absolute Gasteiger partial charge is 0.376 e. The Bertz CT molecular complexity index is 878. The van der Waals surface area contributed by atoms with E-state index in [1.165, 1.54) is 6.42 Å². The van der Waals surface area contributed by atoms with E-state index >= 15 is 0 Å². The van der Waals surface area contributed by atoms with Crippen LogP contribution >= 0.6 is 15.9 Å². The van der Waals surface area contributed by atoms with Crippen LogP contribution in [0.25, 0.3) is 16.9 Å². The molecule has 0 N–H and O–H groups in total. The molecule has 25 heavy (non-hydrogen) atoms. The molecule has 1 saturated heterocycles. The van der Waals surface area contributed by atoms with E-state index in [4.69, 9.17) is 14.5 Å². The van der Waals surface area contributed by atoms with Gasteiger partial charge in [0.1, 0.15) is 0 Å². The molecular weight excluding hydrogens is 386 g/mol. The van der Waals surface area contributed by atoms with Crippen LogP contribution < -0.4 is 5.69 Å². The number of fused-ring (bicyclic) bond motifs is 1. The van der Waals surface area contributed by atoms with Gasteiger partial charge in [-0.1, -0.05) is 6.08 Å². The van der Waals surface area contributed by atoms with Crippen molar-refractivity contribution in [2.24, 2.45) is 0 Å². The highest BCUT2D eigenvalue weighted by Crippen LogP contribution is 2.27. The Hall–Kier alpha value is -1.44. The Morgan fingerprint density at radius 1 is 1.36 bits per heavy atom. The van der Waals surface area contributed by atoms with Gasteiger partial charge in [-0.25, -0.2) is 14.3 Å². The lowest BCUT2D eigenvalue weighted by Gasteiger charge is -2.23. The smallest absolute Gasteiger partial charge is 0.334 e. The van der Waals surface area contributed by atoms with E-state index in [0.717, 1.165) is 46.3 Å². The average molecular weight is 408 g/mol. The normalized spacial score (nSPS) is 21.5. The fourth-order valence-corrected chi connectivity index (χ4v) is 3.85. The maximum atomic E-state index is 13.2. The molecular formula is C18H22BrN3O3. The van der Waals surface area contributed by atoms with Crippen molar-refractivity contribution >= 4 is 32.8 Å². The van der Waals surface area contributed by atoms with Crippen LogP contribution in [-0.4, -0.2) is 40.0 Å². The summed E-state index contributed by atoms with van der Waals surface area (Å²) >= 11 is 3.55. The molecule has 3 heterocycles. The van der Waals surface area contributed by atoms with Gasteiger partial charge in [0.05, 0.1) is 43.7 Å². The summed E-state index contributed by atoms with van der Waals surface area (Å²) in [6, 6.07) is 1.99. The monoisotopic (exact) mass is 407 g/mol. The third-order valence-corrected chi connectivity index (χ3v) is 5.66. The Morgan fingerprint density at radius 3 is 2.96 bits per heavy atom. The highest BCUT2D eigenvalue weighted by atomic mass is 79.9. The van der Waals surface area contributed by atoms with Gasteiger partial charge in [0.2, 0.25) is 0 Å². The van der Waals surface area contributed by atoms with Gasteiger partial charge in [-0.3, -0.25) is 4.57 Å². The van der Waals surface area contributed by atoms with Gasteiger partial charge in [-0.05, 0) is 54.6 Å². The molecule has 0 bridgehead atoms. The van der Waals surface area contributed by atoms with Crippen molar-refractivity contribution in [3.63, 3.8) is 0 Å². The number of hydrogen-bond donors (Lipinski definition) is 0. The van der Waals surface area contributed by atoms with E-state index in [1.54, 1.807) is 9.13 Å². The third kappa shape index (κ3) is 3.20. The molecule has 2 aliphatic rings. The van der Waals surface area contributed by atoms with E-state index < -0.39 is 0 Å².